The molecule has 1 amide bonds. The molecule has 0 unspecified atom stereocenters. The van der Waals surface area contributed by atoms with Crippen molar-refractivity contribution in [3.8, 4) is 0 Å². The van der Waals surface area contributed by atoms with Crippen LogP contribution in [0.25, 0.3) is 0 Å². The third-order valence-corrected chi connectivity index (χ3v) is 4.05. The van der Waals surface area contributed by atoms with E-state index < -0.39 is 11.7 Å². The molecule has 0 aliphatic rings. The maximum atomic E-state index is 13.0. The predicted molar refractivity (Wildman–Crippen MR) is 83.3 cm³/mol. The molecule has 2 aromatic carbocycles. The van der Waals surface area contributed by atoms with Gasteiger partial charge in [-0.25, -0.2) is 4.39 Å². The summed E-state index contributed by atoms with van der Waals surface area (Å²) in [7, 11) is 0. The molecular weight excluding hydrogens is 368 g/mol. The van der Waals surface area contributed by atoms with Gasteiger partial charge in [-0.05, 0) is 58.7 Å². The minimum atomic E-state index is -0.426. The summed E-state index contributed by atoms with van der Waals surface area (Å²) in [6.07, 6.45) is 0. The molecule has 0 radical (unpaired) electrons. The molecule has 2 rings (SSSR count). The van der Waals surface area contributed by atoms with E-state index in [0.29, 0.717) is 25.8 Å². The molecule has 0 bridgehead atoms. The highest BCUT2D eigenvalue weighted by atomic mass is 79.9. The van der Waals surface area contributed by atoms with E-state index in [1.165, 1.54) is 18.2 Å². The summed E-state index contributed by atoms with van der Waals surface area (Å²) in [6, 6.07) is 7.06. The Labute approximate surface area is 134 Å². The standard InChI is InChI=1S/C14H9BrCl2FNO/c1-7-4-12(17)13(6-11(7)16)19-14(20)9-3-2-8(18)5-10(9)15/h2-6H,1H3,(H,19,20). The van der Waals surface area contributed by atoms with E-state index in [9.17, 15) is 9.18 Å². The molecule has 0 heterocycles. The van der Waals surface area contributed by atoms with Crippen molar-refractivity contribution in [1.82, 2.24) is 0 Å². The van der Waals surface area contributed by atoms with E-state index in [4.69, 9.17) is 23.2 Å². The summed E-state index contributed by atoms with van der Waals surface area (Å²) in [5.74, 6) is -0.830. The fraction of sp³-hybridized carbons (Fsp3) is 0.0714. The van der Waals surface area contributed by atoms with Crippen LogP contribution in [0.1, 0.15) is 15.9 Å². The summed E-state index contributed by atoms with van der Waals surface area (Å²) in [4.78, 5) is 12.1. The van der Waals surface area contributed by atoms with Crippen molar-refractivity contribution in [2.24, 2.45) is 0 Å². The zero-order valence-electron chi connectivity index (χ0n) is 10.3. The zero-order valence-corrected chi connectivity index (χ0v) is 13.4. The Morgan fingerprint density at radius 2 is 1.90 bits per heavy atom. The molecule has 0 spiro atoms. The highest BCUT2D eigenvalue weighted by molar-refractivity contribution is 9.10. The quantitative estimate of drug-likeness (QED) is 0.741. The fourth-order valence-corrected chi connectivity index (χ4v) is 2.57. The average Bonchev–Trinajstić information content (AvgIpc) is 2.35. The van der Waals surface area contributed by atoms with Crippen LogP contribution in [-0.4, -0.2) is 5.91 Å². The van der Waals surface area contributed by atoms with Crippen molar-refractivity contribution in [2.75, 3.05) is 5.32 Å². The minimum absolute atomic E-state index is 0.305. The Hall–Kier alpha value is -1.10. The van der Waals surface area contributed by atoms with Gasteiger partial charge in [0.1, 0.15) is 5.82 Å². The van der Waals surface area contributed by atoms with Gasteiger partial charge in [-0.1, -0.05) is 23.2 Å². The average molecular weight is 377 g/mol. The van der Waals surface area contributed by atoms with Crippen molar-refractivity contribution in [1.29, 1.82) is 0 Å². The lowest BCUT2D eigenvalue weighted by molar-refractivity contribution is 0.102. The molecule has 2 aromatic rings. The lowest BCUT2D eigenvalue weighted by Gasteiger charge is -2.10. The molecule has 0 aromatic heterocycles. The first-order chi connectivity index (χ1) is 9.38. The summed E-state index contributed by atoms with van der Waals surface area (Å²) in [6.45, 7) is 1.82. The van der Waals surface area contributed by atoms with Crippen LogP contribution in [0.2, 0.25) is 10.0 Å². The van der Waals surface area contributed by atoms with E-state index >= 15 is 0 Å². The number of benzene rings is 2. The third-order valence-electron chi connectivity index (χ3n) is 2.67. The highest BCUT2D eigenvalue weighted by Gasteiger charge is 2.13. The Bertz CT molecular complexity index is 691. The fourth-order valence-electron chi connectivity index (χ4n) is 1.61. The summed E-state index contributed by atoms with van der Waals surface area (Å²) in [5.41, 5.74) is 1.53. The van der Waals surface area contributed by atoms with E-state index in [0.717, 1.165) is 5.56 Å². The Kier molecular flexibility index (Phi) is 4.68. The van der Waals surface area contributed by atoms with Crippen LogP contribution >= 0.6 is 39.1 Å². The lowest BCUT2D eigenvalue weighted by atomic mass is 10.2. The van der Waals surface area contributed by atoms with Crippen LogP contribution in [0, 0.1) is 12.7 Å². The number of anilines is 1. The Morgan fingerprint density at radius 3 is 2.55 bits per heavy atom. The van der Waals surface area contributed by atoms with Gasteiger partial charge in [-0.2, -0.15) is 0 Å². The molecule has 0 aliphatic carbocycles. The number of amides is 1. The number of halogens is 4. The molecule has 2 nitrogen and oxygen atoms in total. The Balaban J connectivity index is 2.30. The van der Waals surface area contributed by atoms with Crippen LogP contribution in [-0.2, 0) is 0 Å². The second-order valence-corrected chi connectivity index (χ2v) is 5.83. The molecule has 0 aliphatic heterocycles. The normalized spacial score (nSPS) is 10.4. The molecule has 1 N–H and O–H groups in total. The van der Waals surface area contributed by atoms with E-state index in [-0.39, 0.29) is 0 Å². The van der Waals surface area contributed by atoms with Crippen LogP contribution in [0.5, 0.6) is 0 Å². The smallest absolute Gasteiger partial charge is 0.256 e. The van der Waals surface area contributed by atoms with Crippen molar-refractivity contribution in [2.45, 2.75) is 6.92 Å². The molecule has 0 saturated carbocycles. The maximum absolute atomic E-state index is 13.0. The number of hydrogen-bond acceptors (Lipinski definition) is 1. The molecule has 104 valence electrons. The van der Waals surface area contributed by atoms with Crippen molar-refractivity contribution < 1.29 is 9.18 Å². The van der Waals surface area contributed by atoms with Crippen LogP contribution in [0.15, 0.2) is 34.8 Å². The van der Waals surface area contributed by atoms with Crippen LogP contribution in [0.4, 0.5) is 10.1 Å². The number of nitrogens with one attached hydrogen (secondary N) is 1. The number of aryl methyl sites for hydroxylation is 1. The monoisotopic (exact) mass is 375 g/mol. The molecule has 0 saturated heterocycles. The molecule has 0 fully saturated rings. The first kappa shape index (κ1) is 15.3. The lowest BCUT2D eigenvalue weighted by Crippen LogP contribution is -2.13. The van der Waals surface area contributed by atoms with Gasteiger partial charge >= 0.3 is 0 Å². The van der Waals surface area contributed by atoms with Crippen molar-refractivity contribution >= 4 is 50.7 Å². The van der Waals surface area contributed by atoms with Crippen molar-refractivity contribution in [3.63, 3.8) is 0 Å². The van der Waals surface area contributed by atoms with Gasteiger partial charge in [0.05, 0.1) is 16.3 Å². The third kappa shape index (κ3) is 3.32. The first-order valence-electron chi connectivity index (χ1n) is 5.60. The van der Waals surface area contributed by atoms with Crippen LogP contribution < -0.4 is 5.32 Å². The largest absolute Gasteiger partial charge is 0.321 e. The second-order valence-electron chi connectivity index (χ2n) is 4.16. The van der Waals surface area contributed by atoms with Gasteiger partial charge in [0.2, 0.25) is 0 Å². The summed E-state index contributed by atoms with van der Waals surface area (Å²) < 4.78 is 13.4. The Morgan fingerprint density at radius 1 is 1.20 bits per heavy atom. The maximum Gasteiger partial charge on any atom is 0.256 e. The highest BCUT2D eigenvalue weighted by Crippen LogP contribution is 2.29. The number of carbonyl (C=O) groups is 1. The van der Waals surface area contributed by atoms with Gasteiger partial charge in [0.25, 0.3) is 5.91 Å². The first-order valence-corrected chi connectivity index (χ1v) is 7.15. The molecular formula is C14H9BrCl2FNO. The summed E-state index contributed by atoms with van der Waals surface area (Å²) >= 11 is 15.2. The summed E-state index contributed by atoms with van der Waals surface area (Å²) in [5, 5.41) is 3.54. The topological polar surface area (TPSA) is 29.1 Å². The predicted octanol–water partition coefficient (Wildman–Crippen LogP) is 5.46. The molecule has 6 heteroatoms. The van der Waals surface area contributed by atoms with Crippen molar-refractivity contribution in [3.05, 3.63) is 61.8 Å². The second kappa shape index (κ2) is 6.12. The molecule has 20 heavy (non-hydrogen) atoms. The van der Waals surface area contributed by atoms with Gasteiger partial charge in [0.15, 0.2) is 0 Å². The van der Waals surface area contributed by atoms with Gasteiger partial charge in [-0.3, -0.25) is 4.79 Å². The number of rotatable bonds is 2. The molecule has 0 atom stereocenters. The SMILES string of the molecule is Cc1cc(Cl)c(NC(=O)c2ccc(F)cc2Br)cc1Cl. The van der Waals surface area contributed by atoms with E-state index in [1.807, 2.05) is 6.92 Å². The van der Waals surface area contributed by atoms with Gasteiger partial charge < -0.3 is 5.32 Å². The number of carbonyl (C=O) groups excluding carboxylic acids is 1. The van der Waals surface area contributed by atoms with Crippen LogP contribution in [0.3, 0.4) is 0 Å². The number of hydrogen-bond donors (Lipinski definition) is 1. The zero-order chi connectivity index (χ0) is 14.9. The van der Waals surface area contributed by atoms with E-state index in [1.54, 1.807) is 12.1 Å². The van der Waals surface area contributed by atoms with E-state index in [2.05, 4.69) is 21.2 Å². The van der Waals surface area contributed by atoms with Gasteiger partial charge in [0, 0.05) is 9.50 Å². The van der Waals surface area contributed by atoms with Gasteiger partial charge in [-0.15, -0.1) is 0 Å². The minimum Gasteiger partial charge on any atom is -0.321 e.